The third kappa shape index (κ3) is 5.75. The van der Waals surface area contributed by atoms with Crippen LogP contribution in [0.4, 0.5) is 13.2 Å². The third-order valence-corrected chi connectivity index (χ3v) is 3.03. The minimum Gasteiger partial charge on any atom is -0.328 e. The summed E-state index contributed by atoms with van der Waals surface area (Å²) in [4.78, 5) is 13.2. The van der Waals surface area contributed by atoms with E-state index in [1.165, 1.54) is 0 Å². The van der Waals surface area contributed by atoms with Crippen LogP contribution in [0.3, 0.4) is 0 Å². The number of carbonyl (C=O) groups is 1. The molecule has 0 radical (unpaired) electrons. The zero-order valence-corrected chi connectivity index (χ0v) is 12.5. The van der Waals surface area contributed by atoms with Crippen molar-refractivity contribution < 1.29 is 18.0 Å². The van der Waals surface area contributed by atoms with Gasteiger partial charge in [0.1, 0.15) is 6.54 Å². The second-order valence-electron chi connectivity index (χ2n) is 5.42. The molecule has 1 aromatic carbocycles. The Morgan fingerprint density at radius 1 is 1.19 bits per heavy atom. The van der Waals surface area contributed by atoms with Gasteiger partial charge in [-0.3, -0.25) is 4.79 Å². The van der Waals surface area contributed by atoms with Gasteiger partial charge in [0.2, 0.25) is 5.91 Å². The predicted molar refractivity (Wildman–Crippen MR) is 75.7 cm³/mol. The van der Waals surface area contributed by atoms with Crippen LogP contribution in [0.2, 0.25) is 0 Å². The molecule has 0 unspecified atom stereocenters. The summed E-state index contributed by atoms with van der Waals surface area (Å²) in [6.07, 6.45) is -4.42. The standard InChI is InChI=1S/C15H21F3N2O/c1-4-19-14(2,3)13(21)20(11-15(16,17)18)10-12-8-6-5-7-9-12/h5-9,19H,4,10-11H2,1-3H3. The Bertz CT molecular complexity index is 458. The van der Waals surface area contributed by atoms with Gasteiger partial charge in [-0.2, -0.15) is 13.2 Å². The molecule has 0 saturated heterocycles. The maximum atomic E-state index is 12.7. The molecular weight excluding hydrogens is 281 g/mol. The molecule has 0 heterocycles. The van der Waals surface area contributed by atoms with Gasteiger partial charge in [0.25, 0.3) is 0 Å². The zero-order valence-electron chi connectivity index (χ0n) is 12.5. The quantitative estimate of drug-likeness (QED) is 0.876. The second kappa shape index (κ2) is 6.93. The summed E-state index contributed by atoms with van der Waals surface area (Å²) in [6, 6.07) is 8.66. The molecule has 0 aliphatic carbocycles. The first-order valence-electron chi connectivity index (χ1n) is 6.81. The molecule has 0 aromatic heterocycles. The molecule has 0 aliphatic rings. The number of amides is 1. The van der Waals surface area contributed by atoms with E-state index >= 15 is 0 Å². The molecule has 6 heteroatoms. The Hall–Kier alpha value is -1.56. The molecule has 1 amide bonds. The summed E-state index contributed by atoms with van der Waals surface area (Å²) in [7, 11) is 0. The lowest BCUT2D eigenvalue weighted by Crippen LogP contribution is -2.55. The van der Waals surface area contributed by atoms with Crippen LogP contribution < -0.4 is 5.32 Å². The Balaban J connectivity index is 2.94. The van der Waals surface area contributed by atoms with Crippen LogP contribution in [-0.4, -0.2) is 35.6 Å². The maximum Gasteiger partial charge on any atom is 0.406 e. The number of benzene rings is 1. The van der Waals surface area contributed by atoms with Gasteiger partial charge in [0, 0.05) is 6.54 Å². The zero-order chi connectivity index (χ0) is 16.1. The lowest BCUT2D eigenvalue weighted by atomic mass is 10.0. The second-order valence-corrected chi connectivity index (χ2v) is 5.42. The molecule has 0 atom stereocenters. The number of hydrogen-bond acceptors (Lipinski definition) is 2. The van der Waals surface area contributed by atoms with Crippen molar-refractivity contribution in [1.29, 1.82) is 0 Å². The molecule has 118 valence electrons. The number of alkyl halides is 3. The SMILES string of the molecule is CCNC(C)(C)C(=O)N(Cc1ccccc1)CC(F)(F)F. The smallest absolute Gasteiger partial charge is 0.328 e. The van der Waals surface area contributed by atoms with E-state index < -0.39 is 24.2 Å². The van der Waals surface area contributed by atoms with Crippen LogP contribution in [0.1, 0.15) is 26.3 Å². The van der Waals surface area contributed by atoms with Crippen LogP contribution in [0, 0.1) is 0 Å². The molecule has 0 fully saturated rings. The first-order valence-corrected chi connectivity index (χ1v) is 6.81. The summed E-state index contributed by atoms with van der Waals surface area (Å²) >= 11 is 0. The van der Waals surface area contributed by atoms with Gasteiger partial charge < -0.3 is 10.2 Å². The van der Waals surface area contributed by atoms with E-state index in [1.54, 1.807) is 51.1 Å². The minimum atomic E-state index is -4.42. The Morgan fingerprint density at radius 2 is 1.76 bits per heavy atom. The number of hydrogen-bond donors (Lipinski definition) is 1. The van der Waals surface area contributed by atoms with E-state index in [4.69, 9.17) is 0 Å². The van der Waals surface area contributed by atoms with E-state index in [2.05, 4.69) is 5.32 Å². The molecule has 21 heavy (non-hydrogen) atoms. The number of carbonyl (C=O) groups excluding carboxylic acids is 1. The van der Waals surface area contributed by atoms with Crippen molar-refractivity contribution in [2.45, 2.75) is 39.0 Å². The molecule has 0 aliphatic heterocycles. The Morgan fingerprint density at radius 3 is 2.24 bits per heavy atom. The van der Waals surface area contributed by atoms with E-state index in [9.17, 15) is 18.0 Å². The van der Waals surface area contributed by atoms with E-state index in [-0.39, 0.29) is 6.54 Å². The van der Waals surface area contributed by atoms with Gasteiger partial charge >= 0.3 is 6.18 Å². The van der Waals surface area contributed by atoms with Gasteiger partial charge in [-0.15, -0.1) is 0 Å². The van der Waals surface area contributed by atoms with Crippen LogP contribution in [0.25, 0.3) is 0 Å². The molecule has 3 nitrogen and oxygen atoms in total. The van der Waals surface area contributed by atoms with Crippen molar-refractivity contribution in [1.82, 2.24) is 10.2 Å². The Kier molecular flexibility index (Phi) is 5.78. The van der Waals surface area contributed by atoms with Crippen molar-refractivity contribution in [3.05, 3.63) is 35.9 Å². The van der Waals surface area contributed by atoms with E-state index in [1.807, 2.05) is 0 Å². The van der Waals surface area contributed by atoms with Crippen molar-refractivity contribution >= 4 is 5.91 Å². The fourth-order valence-electron chi connectivity index (χ4n) is 2.13. The summed E-state index contributed by atoms with van der Waals surface area (Å²) in [5.41, 5.74) is -0.364. The lowest BCUT2D eigenvalue weighted by molar-refractivity contribution is -0.165. The highest BCUT2D eigenvalue weighted by molar-refractivity contribution is 5.85. The summed E-state index contributed by atoms with van der Waals surface area (Å²) in [6.45, 7) is 4.17. The highest BCUT2D eigenvalue weighted by atomic mass is 19.4. The van der Waals surface area contributed by atoms with E-state index in [0.717, 1.165) is 4.90 Å². The van der Waals surface area contributed by atoms with Gasteiger partial charge in [0.15, 0.2) is 0 Å². The van der Waals surface area contributed by atoms with Crippen LogP contribution in [0.5, 0.6) is 0 Å². The first kappa shape index (κ1) is 17.5. The average Bonchev–Trinajstić information content (AvgIpc) is 2.36. The largest absolute Gasteiger partial charge is 0.406 e. The van der Waals surface area contributed by atoms with Gasteiger partial charge in [-0.25, -0.2) is 0 Å². The number of rotatable bonds is 6. The maximum absolute atomic E-state index is 12.7. The molecule has 0 bridgehead atoms. The van der Waals surface area contributed by atoms with Gasteiger partial charge in [0.05, 0.1) is 5.54 Å². The summed E-state index contributed by atoms with van der Waals surface area (Å²) < 4.78 is 38.2. The number of likely N-dealkylation sites (N-methyl/N-ethyl adjacent to an activating group) is 1. The lowest BCUT2D eigenvalue weighted by Gasteiger charge is -2.33. The van der Waals surface area contributed by atoms with Crippen LogP contribution >= 0.6 is 0 Å². The number of nitrogens with zero attached hydrogens (tertiary/aromatic N) is 1. The highest BCUT2D eigenvalue weighted by Gasteiger charge is 2.38. The van der Waals surface area contributed by atoms with Crippen LogP contribution in [0.15, 0.2) is 30.3 Å². The number of nitrogens with one attached hydrogen (secondary N) is 1. The van der Waals surface area contributed by atoms with Crippen molar-refractivity contribution in [3.8, 4) is 0 Å². The molecule has 1 rings (SSSR count). The molecule has 1 aromatic rings. The van der Waals surface area contributed by atoms with Gasteiger partial charge in [-0.1, -0.05) is 37.3 Å². The predicted octanol–water partition coefficient (Wildman–Crippen LogP) is 2.97. The first-order chi connectivity index (χ1) is 9.65. The molecule has 0 spiro atoms. The Labute approximate surface area is 123 Å². The van der Waals surface area contributed by atoms with Gasteiger partial charge in [-0.05, 0) is 26.0 Å². The van der Waals surface area contributed by atoms with E-state index in [0.29, 0.717) is 12.1 Å². The minimum absolute atomic E-state index is 0.0615. The van der Waals surface area contributed by atoms with Crippen molar-refractivity contribution in [2.24, 2.45) is 0 Å². The fraction of sp³-hybridized carbons (Fsp3) is 0.533. The molecular formula is C15H21F3N2O. The topological polar surface area (TPSA) is 32.3 Å². The summed E-state index contributed by atoms with van der Waals surface area (Å²) in [5, 5.41) is 2.92. The molecule has 0 saturated carbocycles. The van der Waals surface area contributed by atoms with Crippen LogP contribution in [-0.2, 0) is 11.3 Å². The average molecular weight is 302 g/mol. The van der Waals surface area contributed by atoms with Crippen molar-refractivity contribution in [3.63, 3.8) is 0 Å². The number of halogens is 3. The summed E-state index contributed by atoms with van der Waals surface area (Å²) in [5.74, 6) is -0.564. The fourth-order valence-corrected chi connectivity index (χ4v) is 2.13. The normalized spacial score (nSPS) is 12.3. The monoisotopic (exact) mass is 302 g/mol. The highest BCUT2D eigenvalue weighted by Crippen LogP contribution is 2.21. The third-order valence-electron chi connectivity index (χ3n) is 3.03. The molecule has 1 N–H and O–H groups in total. The van der Waals surface area contributed by atoms with Crippen molar-refractivity contribution in [2.75, 3.05) is 13.1 Å².